The van der Waals surface area contributed by atoms with Crippen molar-refractivity contribution in [3.63, 3.8) is 0 Å². The molecule has 5 rings (SSSR count). The van der Waals surface area contributed by atoms with Gasteiger partial charge in [-0.2, -0.15) is 0 Å². The molecule has 2 aliphatic carbocycles. The van der Waals surface area contributed by atoms with Crippen molar-refractivity contribution >= 4 is 11.8 Å². The second kappa shape index (κ2) is 9.24. The molecule has 0 saturated heterocycles. The van der Waals surface area contributed by atoms with Gasteiger partial charge < -0.3 is 50.3 Å². The number of carbonyl (C=O) groups is 2. The summed E-state index contributed by atoms with van der Waals surface area (Å²) in [5.41, 5.74) is -0.483. The van der Waals surface area contributed by atoms with Crippen molar-refractivity contribution in [3.8, 4) is 34.5 Å². The Morgan fingerprint density at radius 1 is 0.897 bits per heavy atom. The Bertz CT molecular complexity index is 1510. The van der Waals surface area contributed by atoms with Crippen LogP contribution in [0.25, 0.3) is 0 Å². The summed E-state index contributed by atoms with van der Waals surface area (Å²) in [6, 6.07) is 4.01. The van der Waals surface area contributed by atoms with Crippen LogP contribution in [0.3, 0.4) is 0 Å². The average Bonchev–Trinajstić information content (AvgIpc) is 3.02. The highest BCUT2D eigenvalue weighted by Gasteiger charge is 2.47. The number of benzene rings is 2. The van der Waals surface area contributed by atoms with Crippen LogP contribution < -0.4 is 4.74 Å². The van der Waals surface area contributed by atoms with Gasteiger partial charge in [0.25, 0.3) is 0 Å². The standard InChI is InChI=1S/C27H22O12/c28-11-6-16(30)14-9-21(39-27(37)10-4-17(31)23(34)18(32)5-10)26(38-20(14)7-11)13-8-19(33)25(36)22-12(13)2-1-3-15(29)24(22)35/h1-8,12-13,21,26,28-34,36H,9H2/t12?,13?,21-,26-/m1/s1. The summed E-state index contributed by atoms with van der Waals surface area (Å²) >= 11 is 0. The van der Waals surface area contributed by atoms with Crippen molar-refractivity contribution in [2.24, 2.45) is 11.8 Å². The summed E-state index contributed by atoms with van der Waals surface area (Å²) in [6.45, 7) is 0. The van der Waals surface area contributed by atoms with Crippen LogP contribution in [-0.2, 0) is 16.0 Å². The number of carbonyl (C=O) groups excluding carboxylic acids is 2. The summed E-state index contributed by atoms with van der Waals surface area (Å²) in [5, 5.41) is 80.6. The van der Waals surface area contributed by atoms with Gasteiger partial charge in [-0.3, -0.25) is 4.79 Å². The number of Topliss-reactive ketones (excluding diaryl/α,β-unsaturated/α-hetero) is 1. The molecule has 0 saturated carbocycles. The Balaban J connectivity index is 1.58. The molecule has 2 aromatic carbocycles. The van der Waals surface area contributed by atoms with Gasteiger partial charge in [-0.05, 0) is 24.3 Å². The van der Waals surface area contributed by atoms with Crippen molar-refractivity contribution < 1.29 is 59.9 Å². The topological polar surface area (TPSA) is 214 Å². The lowest BCUT2D eigenvalue weighted by molar-refractivity contribution is -0.115. The Morgan fingerprint density at radius 2 is 1.59 bits per heavy atom. The fraction of sp³-hybridized carbons (Fsp3) is 0.185. The minimum Gasteiger partial charge on any atom is -0.508 e. The number of allylic oxidation sites excluding steroid dienone is 4. The molecule has 0 aromatic heterocycles. The molecular weight excluding hydrogens is 516 g/mol. The number of aromatic hydroxyl groups is 5. The van der Waals surface area contributed by atoms with Gasteiger partial charge in [0.05, 0.1) is 11.1 Å². The number of rotatable bonds is 3. The van der Waals surface area contributed by atoms with Gasteiger partial charge in [0.15, 0.2) is 34.5 Å². The number of aliphatic hydroxyl groups is 3. The molecule has 39 heavy (non-hydrogen) atoms. The van der Waals surface area contributed by atoms with E-state index >= 15 is 0 Å². The highest BCUT2D eigenvalue weighted by atomic mass is 16.6. The molecule has 8 N–H and O–H groups in total. The van der Waals surface area contributed by atoms with Gasteiger partial charge in [0.2, 0.25) is 5.78 Å². The molecule has 202 valence electrons. The van der Waals surface area contributed by atoms with E-state index in [1.165, 1.54) is 24.3 Å². The summed E-state index contributed by atoms with van der Waals surface area (Å²) in [4.78, 5) is 25.9. The van der Waals surface area contributed by atoms with E-state index in [0.717, 1.165) is 24.3 Å². The summed E-state index contributed by atoms with van der Waals surface area (Å²) in [7, 11) is 0. The van der Waals surface area contributed by atoms with E-state index in [2.05, 4.69) is 0 Å². The van der Waals surface area contributed by atoms with E-state index in [-0.39, 0.29) is 40.4 Å². The van der Waals surface area contributed by atoms with Gasteiger partial charge in [-0.1, -0.05) is 12.2 Å². The zero-order valence-electron chi connectivity index (χ0n) is 19.8. The molecule has 2 unspecified atom stereocenters. The summed E-state index contributed by atoms with van der Waals surface area (Å²) < 4.78 is 11.7. The molecule has 3 aliphatic rings. The summed E-state index contributed by atoms with van der Waals surface area (Å²) in [6.07, 6.45) is 2.56. The van der Waals surface area contributed by atoms with Gasteiger partial charge in [-0.25, -0.2) is 4.79 Å². The number of ether oxygens (including phenoxy) is 2. The number of hydrogen-bond donors (Lipinski definition) is 8. The minimum atomic E-state index is -1.23. The minimum absolute atomic E-state index is 0.0304. The van der Waals surface area contributed by atoms with Crippen LogP contribution >= 0.6 is 0 Å². The smallest absolute Gasteiger partial charge is 0.338 e. The molecule has 0 amide bonds. The molecule has 1 aliphatic heterocycles. The quantitative estimate of drug-likeness (QED) is 0.209. The first-order valence-electron chi connectivity index (χ1n) is 11.6. The van der Waals surface area contributed by atoms with Crippen molar-refractivity contribution in [3.05, 3.63) is 82.5 Å². The van der Waals surface area contributed by atoms with E-state index in [9.17, 15) is 50.4 Å². The number of phenols is 5. The average molecular weight is 538 g/mol. The number of aliphatic hydroxyl groups excluding tert-OH is 3. The molecule has 4 atom stereocenters. The third-order valence-corrected chi connectivity index (χ3v) is 6.79. The van der Waals surface area contributed by atoms with Crippen LogP contribution in [0.2, 0.25) is 0 Å². The van der Waals surface area contributed by atoms with Gasteiger partial charge >= 0.3 is 5.97 Å². The largest absolute Gasteiger partial charge is 0.508 e. The molecular formula is C27H22O12. The molecule has 0 spiro atoms. The molecule has 0 bridgehead atoms. The Kier molecular flexibility index (Phi) is 6.02. The van der Waals surface area contributed by atoms with Crippen molar-refractivity contribution in [1.29, 1.82) is 0 Å². The lowest BCUT2D eigenvalue weighted by Crippen LogP contribution is -2.48. The van der Waals surface area contributed by atoms with Crippen molar-refractivity contribution in [1.82, 2.24) is 0 Å². The first-order valence-corrected chi connectivity index (χ1v) is 11.6. The van der Waals surface area contributed by atoms with Crippen LogP contribution in [0, 0.1) is 11.8 Å². The molecule has 0 fully saturated rings. The number of hydrogen-bond acceptors (Lipinski definition) is 12. The van der Waals surface area contributed by atoms with Crippen LogP contribution in [0.1, 0.15) is 15.9 Å². The van der Waals surface area contributed by atoms with Crippen LogP contribution in [0.4, 0.5) is 0 Å². The fourth-order valence-corrected chi connectivity index (χ4v) is 4.95. The molecule has 1 heterocycles. The van der Waals surface area contributed by atoms with Crippen molar-refractivity contribution in [2.75, 3.05) is 0 Å². The lowest BCUT2D eigenvalue weighted by Gasteiger charge is -2.40. The first kappa shape index (κ1) is 25.4. The van der Waals surface area contributed by atoms with Gasteiger partial charge in [-0.15, -0.1) is 0 Å². The van der Waals surface area contributed by atoms with Crippen LogP contribution in [-0.4, -0.2) is 64.8 Å². The fourth-order valence-electron chi connectivity index (χ4n) is 4.95. The molecule has 12 nitrogen and oxygen atoms in total. The lowest BCUT2D eigenvalue weighted by atomic mass is 9.74. The van der Waals surface area contributed by atoms with Crippen LogP contribution in [0.5, 0.6) is 34.5 Å². The van der Waals surface area contributed by atoms with E-state index in [1.807, 2.05) is 0 Å². The maximum atomic E-state index is 13.0. The van der Waals surface area contributed by atoms with Gasteiger partial charge in [0.1, 0.15) is 29.5 Å². The highest BCUT2D eigenvalue weighted by molar-refractivity contribution is 6.08. The Morgan fingerprint density at radius 3 is 2.28 bits per heavy atom. The van der Waals surface area contributed by atoms with E-state index < -0.39 is 70.3 Å². The van der Waals surface area contributed by atoms with E-state index in [1.54, 1.807) is 0 Å². The molecule has 2 aromatic rings. The summed E-state index contributed by atoms with van der Waals surface area (Å²) in [5.74, 6) is -9.14. The predicted octanol–water partition coefficient (Wildman–Crippen LogP) is 2.82. The second-order valence-electron chi connectivity index (χ2n) is 9.22. The Labute approximate surface area is 219 Å². The third-order valence-electron chi connectivity index (χ3n) is 6.79. The van der Waals surface area contributed by atoms with Crippen LogP contribution in [0.15, 0.2) is 71.4 Å². The number of fused-ring (bicyclic) bond motifs is 2. The van der Waals surface area contributed by atoms with Crippen molar-refractivity contribution in [2.45, 2.75) is 18.6 Å². The number of phenolic OH excluding ortho intramolecular Hbond substituents is 5. The van der Waals surface area contributed by atoms with E-state index in [4.69, 9.17) is 9.47 Å². The SMILES string of the molecule is O=C1C(O)=CC=CC2C1=C(O)C(O)=CC2[C@H]1Oc2cc(O)cc(O)c2C[C@H]1OC(=O)c1cc(O)c(O)c(O)c1. The highest BCUT2D eigenvalue weighted by Crippen LogP contribution is 2.45. The monoisotopic (exact) mass is 538 g/mol. The second-order valence-corrected chi connectivity index (χ2v) is 9.22. The van der Waals surface area contributed by atoms with Gasteiger partial charge in [0, 0.05) is 36.0 Å². The molecule has 0 radical (unpaired) electrons. The normalized spacial score (nSPS) is 24.1. The predicted molar refractivity (Wildman–Crippen MR) is 131 cm³/mol. The zero-order chi connectivity index (χ0) is 28.2. The molecule has 12 heteroatoms. The maximum absolute atomic E-state index is 13.0. The maximum Gasteiger partial charge on any atom is 0.338 e. The number of ketones is 1. The Hall–Kier alpha value is -5.26. The zero-order valence-corrected chi connectivity index (χ0v) is 19.8. The van der Waals surface area contributed by atoms with E-state index in [0.29, 0.717) is 0 Å². The first-order chi connectivity index (χ1) is 18.5. The number of esters is 1. The third kappa shape index (κ3) is 4.31.